The van der Waals surface area contributed by atoms with Crippen LogP contribution in [0.4, 0.5) is 0 Å². The van der Waals surface area contributed by atoms with Gasteiger partial charge in [0.2, 0.25) is 0 Å². The fourth-order valence-electron chi connectivity index (χ4n) is 1.28. The fraction of sp³-hybridized carbons (Fsp3) is 0.333. The zero-order valence-corrected chi connectivity index (χ0v) is 12.9. The zero-order valence-electron chi connectivity index (χ0n) is 9.70. The van der Waals surface area contributed by atoms with Gasteiger partial charge in [0, 0.05) is 8.95 Å². The molecule has 0 spiro atoms. The van der Waals surface area contributed by atoms with Crippen LogP contribution in [0, 0.1) is 0 Å². The van der Waals surface area contributed by atoms with Crippen molar-refractivity contribution in [2.24, 2.45) is 0 Å². The number of benzene rings is 1. The van der Waals surface area contributed by atoms with Crippen molar-refractivity contribution >= 4 is 43.8 Å². The number of esters is 1. The molecule has 98 valence electrons. The first-order valence-electron chi connectivity index (χ1n) is 5.36. The van der Waals surface area contributed by atoms with Gasteiger partial charge in [-0.3, -0.25) is 0 Å². The Hall–Kier alpha value is -0.880. The number of aromatic carboxylic acids is 1. The van der Waals surface area contributed by atoms with Crippen molar-refractivity contribution in [3.8, 4) is 0 Å². The van der Waals surface area contributed by atoms with Crippen LogP contribution in [0.15, 0.2) is 21.1 Å². The average molecular weight is 380 g/mol. The highest BCUT2D eigenvalue weighted by Gasteiger charge is 2.19. The van der Waals surface area contributed by atoms with Gasteiger partial charge in [0.15, 0.2) is 0 Å². The molecule has 0 saturated heterocycles. The third-order valence-electron chi connectivity index (χ3n) is 2.24. The Morgan fingerprint density at radius 3 is 2.28 bits per heavy atom. The van der Waals surface area contributed by atoms with E-state index in [1.54, 1.807) is 0 Å². The maximum Gasteiger partial charge on any atom is 0.339 e. The van der Waals surface area contributed by atoms with Gasteiger partial charge < -0.3 is 9.84 Å². The molecule has 0 aliphatic heterocycles. The van der Waals surface area contributed by atoms with E-state index in [2.05, 4.69) is 31.9 Å². The molecule has 4 nitrogen and oxygen atoms in total. The van der Waals surface area contributed by atoms with Gasteiger partial charge in [0.1, 0.15) is 0 Å². The monoisotopic (exact) mass is 378 g/mol. The molecule has 1 aromatic rings. The minimum Gasteiger partial charge on any atom is -0.478 e. The first-order valence-corrected chi connectivity index (χ1v) is 6.95. The van der Waals surface area contributed by atoms with Gasteiger partial charge in [-0.25, -0.2) is 9.59 Å². The van der Waals surface area contributed by atoms with Gasteiger partial charge in [0.05, 0.1) is 17.7 Å². The molecule has 0 amide bonds. The quantitative estimate of drug-likeness (QED) is 0.623. The van der Waals surface area contributed by atoms with E-state index < -0.39 is 11.9 Å². The van der Waals surface area contributed by atoms with E-state index in [0.29, 0.717) is 15.6 Å². The number of halogens is 2. The van der Waals surface area contributed by atoms with E-state index in [1.165, 1.54) is 12.1 Å². The fourth-order valence-corrected chi connectivity index (χ4v) is 1.97. The summed E-state index contributed by atoms with van der Waals surface area (Å²) in [6.07, 6.45) is 1.66. The Morgan fingerprint density at radius 1 is 1.22 bits per heavy atom. The molecule has 0 radical (unpaired) electrons. The molecule has 18 heavy (non-hydrogen) atoms. The number of ether oxygens (including phenoxy) is 1. The van der Waals surface area contributed by atoms with Crippen molar-refractivity contribution < 1.29 is 19.4 Å². The first-order chi connectivity index (χ1) is 8.47. The van der Waals surface area contributed by atoms with Gasteiger partial charge >= 0.3 is 11.9 Å². The Kier molecular flexibility index (Phi) is 5.81. The van der Waals surface area contributed by atoms with Crippen LogP contribution in [0.5, 0.6) is 0 Å². The molecular formula is C12H12Br2O4. The number of hydrogen-bond acceptors (Lipinski definition) is 3. The minimum absolute atomic E-state index is 0.0497. The van der Waals surface area contributed by atoms with Crippen molar-refractivity contribution in [3.05, 3.63) is 32.2 Å². The lowest BCUT2D eigenvalue weighted by molar-refractivity contribution is 0.0489. The molecule has 0 bridgehead atoms. The van der Waals surface area contributed by atoms with Gasteiger partial charge in [-0.2, -0.15) is 0 Å². The van der Waals surface area contributed by atoms with E-state index in [9.17, 15) is 9.59 Å². The summed E-state index contributed by atoms with van der Waals surface area (Å²) in [6.45, 7) is 2.27. The second kappa shape index (κ2) is 6.89. The number of carbonyl (C=O) groups excluding carboxylic acids is 1. The lowest BCUT2D eigenvalue weighted by atomic mass is 10.1. The summed E-state index contributed by atoms with van der Waals surface area (Å²) in [4.78, 5) is 22.9. The normalized spacial score (nSPS) is 10.2. The molecular weight excluding hydrogens is 368 g/mol. The van der Waals surface area contributed by atoms with E-state index in [-0.39, 0.29) is 11.1 Å². The standard InChI is InChI=1S/C12H12Br2O4/c1-2-3-4-18-12(17)8-6-10(14)9(13)5-7(8)11(15)16/h5-6H,2-4H2,1H3,(H,15,16). The van der Waals surface area contributed by atoms with Crippen molar-refractivity contribution in [2.45, 2.75) is 19.8 Å². The Labute approximate surface area is 122 Å². The third kappa shape index (κ3) is 3.81. The van der Waals surface area contributed by atoms with Crippen LogP contribution in [0.1, 0.15) is 40.5 Å². The lowest BCUT2D eigenvalue weighted by Gasteiger charge is -2.08. The number of hydrogen-bond donors (Lipinski definition) is 1. The Balaban J connectivity index is 3.02. The first kappa shape index (κ1) is 15.2. The highest BCUT2D eigenvalue weighted by atomic mass is 79.9. The third-order valence-corrected chi connectivity index (χ3v) is 4.09. The van der Waals surface area contributed by atoms with Crippen LogP contribution < -0.4 is 0 Å². The zero-order chi connectivity index (χ0) is 13.7. The molecule has 0 atom stereocenters. The number of rotatable bonds is 5. The molecule has 0 aliphatic rings. The molecule has 0 fully saturated rings. The van der Waals surface area contributed by atoms with E-state index in [0.717, 1.165) is 12.8 Å². The molecule has 1 rings (SSSR count). The topological polar surface area (TPSA) is 63.6 Å². The van der Waals surface area contributed by atoms with Gasteiger partial charge in [-0.1, -0.05) is 13.3 Å². The Morgan fingerprint density at radius 2 is 1.78 bits per heavy atom. The highest BCUT2D eigenvalue weighted by Crippen LogP contribution is 2.27. The number of carboxylic acids is 1. The molecule has 1 N–H and O–H groups in total. The largest absolute Gasteiger partial charge is 0.478 e. The maximum absolute atomic E-state index is 11.8. The van der Waals surface area contributed by atoms with E-state index in [4.69, 9.17) is 9.84 Å². The summed E-state index contributed by atoms with van der Waals surface area (Å²) in [7, 11) is 0. The van der Waals surface area contributed by atoms with Crippen molar-refractivity contribution in [1.82, 2.24) is 0 Å². The minimum atomic E-state index is -1.16. The van der Waals surface area contributed by atoms with Crippen LogP contribution in [-0.4, -0.2) is 23.7 Å². The van der Waals surface area contributed by atoms with Crippen molar-refractivity contribution in [3.63, 3.8) is 0 Å². The van der Waals surface area contributed by atoms with Crippen LogP contribution in [0.3, 0.4) is 0 Å². The smallest absolute Gasteiger partial charge is 0.339 e. The van der Waals surface area contributed by atoms with E-state index in [1.807, 2.05) is 6.92 Å². The number of unbranched alkanes of at least 4 members (excludes halogenated alkanes) is 1. The second-order valence-corrected chi connectivity index (χ2v) is 5.32. The maximum atomic E-state index is 11.8. The van der Waals surface area contributed by atoms with Crippen molar-refractivity contribution in [1.29, 1.82) is 0 Å². The summed E-state index contributed by atoms with van der Waals surface area (Å²) in [5, 5.41) is 9.06. The molecule has 0 unspecified atom stereocenters. The number of carboxylic acid groups (broad SMARTS) is 1. The molecule has 6 heteroatoms. The average Bonchev–Trinajstić information content (AvgIpc) is 2.32. The lowest BCUT2D eigenvalue weighted by Crippen LogP contribution is -2.12. The summed E-state index contributed by atoms with van der Waals surface area (Å²) in [5.74, 6) is -1.78. The second-order valence-electron chi connectivity index (χ2n) is 3.61. The summed E-state index contributed by atoms with van der Waals surface area (Å²) in [6, 6.07) is 2.82. The van der Waals surface area contributed by atoms with Gasteiger partial charge in [-0.15, -0.1) is 0 Å². The summed E-state index contributed by atoms with van der Waals surface area (Å²) < 4.78 is 6.20. The predicted molar refractivity (Wildman–Crippen MR) is 74.0 cm³/mol. The highest BCUT2D eigenvalue weighted by molar-refractivity contribution is 9.13. The summed E-state index contributed by atoms with van der Waals surface area (Å²) >= 11 is 6.43. The molecule has 0 saturated carbocycles. The molecule has 0 aromatic heterocycles. The Bertz CT molecular complexity index is 471. The SMILES string of the molecule is CCCCOC(=O)c1cc(Br)c(Br)cc1C(=O)O. The van der Waals surface area contributed by atoms with Gasteiger partial charge in [0.25, 0.3) is 0 Å². The van der Waals surface area contributed by atoms with Crippen LogP contribution in [0.25, 0.3) is 0 Å². The molecule has 1 aromatic carbocycles. The van der Waals surface area contributed by atoms with Crippen molar-refractivity contribution in [2.75, 3.05) is 6.61 Å². The predicted octanol–water partition coefficient (Wildman–Crippen LogP) is 3.87. The van der Waals surface area contributed by atoms with Crippen LogP contribution >= 0.6 is 31.9 Å². The number of carbonyl (C=O) groups is 2. The molecule has 0 heterocycles. The van der Waals surface area contributed by atoms with Gasteiger partial charge in [-0.05, 0) is 50.4 Å². The van der Waals surface area contributed by atoms with E-state index >= 15 is 0 Å². The summed E-state index contributed by atoms with van der Waals surface area (Å²) in [5.41, 5.74) is -0.0275. The van der Waals surface area contributed by atoms with Crippen LogP contribution in [0.2, 0.25) is 0 Å². The molecule has 0 aliphatic carbocycles. The van der Waals surface area contributed by atoms with Crippen LogP contribution in [-0.2, 0) is 4.74 Å².